The smallest absolute Gasteiger partial charge is 0.0476 e. The summed E-state index contributed by atoms with van der Waals surface area (Å²) in [5.74, 6) is 0. The van der Waals surface area contributed by atoms with Crippen LogP contribution in [0.15, 0.2) is 30.3 Å². The van der Waals surface area contributed by atoms with Crippen LogP contribution in [0.25, 0.3) is 0 Å². The first-order valence-electron chi connectivity index (χ1n) is 7.57. The molecule has 1 atom stereocenters. The van der Waals surface area contributed by atoms with E-state index in [1.54, 1.807) is 0 Å². The normalized spacial score (nSPS) is 16.1. The summed E-state index contributed by atoms with van der Waals surface area (Å²) in [5, 5.41) is 3.45. The summed E-state index contributed by atoms with van der Waals surface area (Å²) < 4.78 is 0. The molecular weight excluding hydrogens is 341 g/mol. The second-order valence-corrected chi connectivity index (χ2v) is 5.20. The molecule has 1 aliphatic heterocycles. The van der Waals surface area contributed by atoms with E-state index in [1.807, 2.05) is 0 Å². The Morgan fingerprint density at radius 3 is 2.05 bits per heavy atom. The van der Waals surface area contributed by atoms with Crippen LogP contribution in [-0.4, -0.2) is 55.6 Å². The van der Waals surface area contributed by atoms with Crippen molar-refractivity contribution >= 4 is 37.2 Å². The molecule has 1 saturated heterocycles. The number of nitrogens with one attached hydrogen (secondary N) is 1. The van der Waals surface area contributed by atoms with E-state index in [-0.39, 0.29) is 37.2 Å². The Labute approximate surface area is 154 Å². The molecule has 0 aliphatic carbocycles. The molecule has 1 aromatic carbocycles. The highest BCUT2D eigenvalue weighted by molar-refractivity contribution is 5.86. The van der Waals surface area contributed by atoms with Gasteiger partial charge in [-0.15, -0.1) is 37.2 Å². The summed E-state index contributed by atoms with van der Waals surface area (Å²) in [5.41, 5.74) is 1.45. The van der Waals surface area contributed by atoms with Crippen LogP contribution in [0.2, 0.25) is 0 Å². The molecule has 130 valence electrons. The first kappa shape index (κ1) is 24.2. The predicted octanol–water partition coefficient (Wildman–Crippen LogP) is 3.24. The van der Waals surface area contributed by atoms with Crippen molar-refractivity contribution in [2.45, 2.75) is 19.9 Å². The van der Waals surface area contributed by atoms with Crippen molar-refractivity contribution in [2.24, 2.45) is 0 Å². The lowest BCUT2D eigenvalue weighted by molar-refractivity contribution is 0.129. The van der Waals surface area contributed by atoms with Gasteiger partial charge in [-0.3, -0.25) is 4.90 Å². The Bertz CT molecular complexity index is 355. The fourth-order valence-electron chi connectivity index (χ4n) is 2.83. The highest BCUT2D eigenvalue weighted by atomic mass is 35.5. The molecule has 0 saturated carbocycles. The van der Waals surface area contributed by atoms with Gasteiger partial charge in [0, 0.05) is 38.8 Å². The third-order valence-corrected chi connectivity index (χ3v) is 4.10. The standard InChI is InChI=1S/C16H27N3.3ClH/c1-3-18(4-2)14-16(15-8-6-5-7-9-15)19-12-10-17-11-13-19;;;/h5-9,16-17H,3-4,10-14H2,1-2H3;3*1H/t16-;;;/m1.../s1. The van der Waals surface area contributed by atoms with E-state index in [0.29, 0.717) is 6.04 Å². The van der Waals surface area contributed by atoms with Gasteiger partial charge in [0.25, 0.3) is 0 Å². The maximum Gasteiger partial charge on any atom is 0.0476 e. The molecule has 0 amide bonds. The number of benzene rings is 1. The van der Waals surface area contributed by atoms with Crippen LogP contribution < -0.4 is 5.32 Å². The van der Waals surface area contributed by atoms with Gasteiger partial charge < -0.3 is 10.2 Å². The summed E-state index contributed by atoms with van der Waals surface area (Å²) in [4.78, 5) is 5.16. The van der Waals surface area contributed by atoms with Crippen LogP contribution in [-0.2, 0) is 0 Å². The van der Waals surface area contributed by atoms with E-state index in [9.17, 15) is 0 Å². The highest BCUT2D eigenvalue weighted by Crippen LogP contribution is 2.22. The minimum atomic E-state index is 0. The van der Waals surface area contributed by atoms with E-state index in [1.165, 1.54) is 5.56 Å². The highest BCUT2D eigenvalue weighted by Gasteiger charge is 2.23. The number of rotatable bonds is 6. The van der Waals surface area contributed by atoms with Gasteiger partial charge in [-0.25, -0.2) is 0 Å². The van der Waals surface area contributed by atoms with Gasteiger partial charge in [0.15, 0.2) is 0 Å². The number of halogens is 3. The topological polar surface area (TPSA) is 18.5 Å². The van der Waals surface area contributed by atoms with Crippen LogP contribution in [0.1, 0.15) is 25.5 Å². The minimum Gasteiger partial charge on any atom is -0.314 e. The van der Waals surface area contributed by atoms with E-state index in [0.717, 1.165) is 45.8 Å². The first-order valence-corrected chi connectivity index (χ1v) is 7.57. The van der Waals surface area contributed by atoms with E-state index in [4.69, 9.17) is 0 Å². The number of piperazine rings is 1. The third-order valence-electron chi connectivity index (χ3n) is 4.10. The Kier molecular flexibility index (Phi) is 14.8. The molecule has 2 rings (SSSR count). The molecule has 0 spiro atoms. The van der Waals surface area contributed by atoms with Gasteiger partial charge in [0.05, 0.1) is 0 Å². The van der Waals surface area contributed by atoms with Gasteiger partial charge >= 0.3 is 0 Å². The largest absolute Gasteiger partial charge is 0.314 e. The predicted molar refractivity (Wildman–Crippen MR) is 103 cm³/mol. The maximum absolute atomic E-state index is 3.45. The van der Waals surface area contributed by atoms with Crippen LogP contribution >= 0.6 is 37.2 Å². The number of hydrogen-bond acceptors (Lipinski definition) is 3. The Hall–Kier alpha value is -0.0300. The maximum atomic E-state index is 3.45. The molecule has 1 heterocycles. The van der Waals surface area contributed by atoms with E-state index < -0.39 is 0 Å². The summed E-state index contributed by atoms with van der Waals surface area (Å²) in [6.45, 7) is 12.4. The average molecular weight is 371 g/mol. The zero-order valence-corrected chi connectivity index (χ0v) is 16.0. The summed E-state index contributed by atoms with van der Waals surface area (Å²) in [6.07, 6.45) is 0. The quantitative estimate of drug-likeness (QED) is 0.829. The summed E-state index contributed by atoms with van der Waals surface area (Å²) >= 11 is 0. The van der Waals surface area contributed by atoms with Gasteiger partial charge in [-0.1, -0.05) is 44.2 Å². The van der Waals surface area contributed by atoms with E-state index >= 15 is 0 Å². The molecule has 22 heavy (non-hydrogen) atoms. The Balaban J connectivity index is 0. The fraction of sp³-hybridized carbons (Fsp3) is 0.625. The zero-order valence-electron chi connectivity index (χ0n) is 13.5. The van der Waals surface area contributed by atoms with Gasteiger partial charge in [-0.2, -0.15) is 0 Å². The second kappa shape index (κ2) is 13.4. The first-order chi connectivity index (χ1) is 9.35. The number of nitrogens with zero attached hydrogens (tertiary/aromatic N) is 2. The average Bonchev–Trinajstić information content (AvgIpc) is 2.50. The van der Waals surface area contributed by atoms with Crippen molar-refractivity contribution in [3.8, 4) is 0 Å². The molecule has 1 aromatic rings. The van der Waals surface area contributed by atoms with Crippen LogP contribution in [0.3, 0.4) is 0 Å². The van der Waals surface area contributed by atoms with E-state index in [2.05, 4.69) is 59.3 Å². The van der Waals surface area contributed by atoms with Gasteiger partial charge in [0.1, 0.15) is 0 Å². The van der Waals surface area contributed by atoms with Gasteiger partial charge in [0.2, 0.25) is 0 Å². The molecule has 0 bridgehead atoms. The third kappa shape index (κ3) is 7.03. The second-order valence-electron chi connectivity index (χ2n) is 5.20. The molecule has 0 unspecified atom stereocenters. The molecule has 0 radical (unpaired) electrons. The van der Waals surface area contributed by atoms with Crippen molar-refractivity contribution in [1.29, 1.82) is 0 Å². The molecular formula is C16H30Cl3N3. The molecule has 1 aliphatic rings. The van der Waals surface area contributed by atoms with Crippen molar-refractivity contribution < 1.29 is 0 Å². The fourth-order valence-corrected chi connectivity index (χ4v) is 2.83. The van der Waals surface area contributed by atoms with Crippen molar-refractivity contribution in [1.82, 2.24) is 15.1 Å². The van der Waals surface area contributed by atoms with Crippen molar-refractivity contribution in [3.63, 3.8) is 0 Å². The van der Waals surface area contributed by atoms with Crippen LogP contribution in [0.5, 0.6) is 0 Å². The lowest BCUT2D eigenvalue weighted by Crippen LogP contribution is -2.48. The van der Waals surface area contributed by atoms with Crippen molar-refractivity contribution in [3.05, 3.63) is 35.9 Å². The molecule has 3 nitrogen and oxygen atoms in total. The Morgan fingerprint density at radius 1 is 1.00 bits per heavy atom. The number of hydrogen-bond donors (Lipinski definition) is 1. The Morgan fingerprint density at radius 2 is 1.55 bits per heavy atom. The zero-order chi connectivity index (χ0) is 13.5. The summed E-state index contributed by atoms with van der Waals surface area (Å²) in [7, 11) is 0. The molecule has 1 N–H and O–H groups in total. The van der Waals surface area contributed by atoms with Crippen molar-refractivity contribution in [2.75, 3.05) is 45.8 Å². The monoisotopic (exact) mass is 369 g/mol. The SMILES string of the molecule is CCN(CC)C[C@H](c1ccccc1)N1CCNCC1.Cl.Cl.Cl. The molecule has 1 fully saturated rings. The number of likely N-dealkylation sites (N-methyl/N-ethyl adjacent to an activating group) is 1. The van der Waals surface area contributed by atoms with Gasteiger partial charge in [-0.05, 0) is 18.7 Å². The summed E-state index contributed by atoms with van der Waals surface area (Å²) in [6, 6.07) is 11.5. The van der Waals surface area contributed by atoms with Crippen LogP contribution in [0.4, 0.5) is 0 Å². The molecule has 6 heteroatoms. The molecule has 0 aromatic heterocycles. The lowest BCUT2D eigenvalue weighted by Gasteiger charge is -2.37. The van der Waals surface area contributed by atoms with Crippen LogP contribution in [0, 0.1) is 0 Å². The lowest BCUT2D eigenvalue weighted by atomic mass is 10.0. The minimum absolute atomic E-state index is 0.